The highest BCUT2D eigenvalue weighted by molar-refractivity contribution is 5.16. The molecule has 0 aliphatic carbocycles. The van der Waals surface area contributed by atoms with Gasteiger partial charge in [0.1, 0.15) is 12.4 Å². The topological polar surface area (TPSA) is 34.4 Å². The third-order valence-corrected chi connectivity index (χ3v) is 3.06. The van der Waals surface area contributed by atoms with Crippen molar-refractivity contribution in [1.29, 1.82) is 0 Å². The zero-order valence-electron chi connectivity index (χ0n) is 12.5. The summed E-state index contributed by atoms with van der Waals surface area (Å²) in [5.74, 6) is 1.45. The lowest BCUT2D eigenvalue weighted by atomic mass is 10.1. The van der Waals surface area contributed by atoms with Crippen LogP contribution in [0, 0.1) is 5.92 Å². The molecule has 1 aromatic heterocycles. The zero-order valence-corrected chi connectivity index (χ0v) is 12.5. The third-order valence-electron chi connectivity index (χ3n) is 3.06. The van der Waals surface area contributed by atoms with E-state index in [1.54, 1.807) is 6.26 Å². The molecule has 104 valence electrons. The van der Waals surface area contributed by atoms with Crippen LogP contribution in [-0.2, 0) is 17.9 Å². The van der Waals surface area contributed by atoms with Gasteiger partial charge in [-0.15, -0.1) is 0 Å². The highest BCUT2D eigenvalue weighted by Crippen LogP contribution is 2.16. The maximum absolute atomic E-state index is 5.80. The first kappa shape index (κ1) is 15.3. The minimum atomic E-state index is 0.112. The summed E-state index contributed by atoms with van der Waals surface area (Å²) in [6.45, 7) is 14.3. The lowest BCUT2D eigenvalue weighted by Gasteiger charge is -2.20. The Kier molecular flexibility index (Phi) is 5.42. The third kappa shape index (κ3) is 5.23. The summed E-state index contributed by atoms with van der Waals surface area (Å²) in [6.07, 6.45) is 1.98. The average molecular weight is 253 g/mol. The highest BCUT2D eigenvalue weighted by Gasteiger charge is 2.14. The van der Waals surface area contributed by atoms with Gasteiger partial charge in [0, 0.05) is 17.6 Å². The summed E-state index contributed by atoms with van der Waals surface area (Å²) in [6, 6.07) is 2.01. The van der Waals surface area contributed by atoms with Crippen LogP contribution in [0.3, 0.4) is 0 Å². The van der Waals surface area contributed by atoms with E-state index in [-0.39, 0.29) is 11.6 Å². The molecule has 0 amide bonds. The van der Waals surface area contributed by atoms with Crippen LogP contribution >= 0.6 is 0 Å². The Morgan fingerprint density at radius 3 is 2.50 bits per heavy atom. The molecule has 0 aromatic carbocycles. The summed E-state index contributed by atoms with van der Waals surface area (Å²) in [5, 5.41) is 3.46. The molecule has 3 nitrogen and oxygen atoms in total. The number of hydrogen-bond acceptors (Lipinski definition) is 3. The molecule has 0 saturated heterocycles. The Bertz CT molecular complexity index is 350. The molecule has 1 heterocycles. The van der Waals surface area contributed by atoms with Crippen molar-refractivity contribution in [3.8, 4) is 0 Å². The molecule has 18 heavy (non-hydrogen) atoms. The van der Waals surface area contributed by atoms with Crippen LogP contribution in [0.1, 0.15) is 52.9 Å². The van der Waals surface area contributed by atoms with Crippen molar-refractivity contribution >= 4 is 0 Å². The summed E-state index contributed by atoms with van der Waals surface area (Å²) in [4.78, 5) is 0. The van der Waals surface area contributed by atoms with Gasteiger partial charge in [-0.1, -0.05) is 13.8 Å². The van der Waals surface area contributed by atoms with Crippen LogP contribution in [-0.4, -0.2) is 11.6 Å². The van der Waals surface area contributed by atoms with E-state index in [9.17, 15) is 0 Å². The molecule has 1 atom stereocenters. The molecule has 1 aromatic rings. The number of furan rings is 1. The molecule has 0 aliphatic heterocycles. The quantitative estimate of drug-likeness (QED) is 0.839. The van der Waals surface area contributed by atoms with Gasteiger partial charge >= 0.3 is 0 Å². The summed E-state index contributed by atoms with van der Waals surface area (Å²) in [5.41, 5.74) is 1.29. The van der Waals surface area contributed by atoms with Crippen LogP contribution in [0.25, 0.3) is 0 Å². The normalized spacial score (nSPS) is 14.2. The first-order chi connectivity index (χ1) is 8.29. The number of rotatable bonds is 6. The second-order valence-electron chi connectivity index (χ2n) is 6.23. The summed E-state index contributed by atoms with van der Waals surface area (Å²) >= 11 is 0. The van der Waals surface area contributed by atoms with Crippen molar-refractivity contribution < 1.29 is 9.15 Å². The number of ether oxygens (including phenoxy) is 1. The average Bonchev–Trinajstić information content (AvgIpc) is 2.69. The fourth-order valence-corrected chi connectivity index (χ4v) is 1.41. The monoisotopic (exact) mass is 253 g/mol. The van der Waals surface area contributed by atoms with Crippen molar-refractivity contribution in [3.63, 3.8) is 0 Å². The largest absolute Gasteiger partial charge is 0.467 e. The van der Waals surface area contributed by atoms with E-state index >= 15 is 0 Å². The van der Waals surface area contributed by atoms with Crippen LogP contribution < -0.4 is 5.32 Å². The first-order valence-corrected chi connectivity index (χ1v) is 6.71. The lowest BCUT2D eigenvalue weighted by Crippen LogP contribution is -2.35. The fourth-order valence-electron chi connectivity index (χ4n) is 1.41. The maximum Gasteiger partial charge on any atom is 0.133 e. The van der Waals surface area contributed by atoms with E-state index in [1.807, 2.05) is 6.07 Å². The lowest BCUT2D eigenvalue weighted by molar-refractivity contribution is 0.0144. The van der Waals surface area contributed by atoms with E-state index in [4.69, 9.17) is 9.15 Å². The summed E-state index contributed by atoms with van der Waals surface area (Å²) < 4.78 is 11.3. The van der Waals surface area contributed by atoms with E-state index in [1.165, 1.54) is 5.56 Å². The van der Waals surface area contributed by atoms with Crippen LogP contribution in [0.5, 0.6) is 0 Å². The molecule has 0 fully saturated rings. The molecule has 0 radical (unpaired) electrons. The minimum Gasteiger partial charge on any atom is -0.467 e. The Morgan fingerprint density at radius 2 is 1.94 bits per heavy atom. The predicted octanol–water partition coefficient (Wildman–Crippen LogP) is 3.73. The van der Waals surface area contributed by atoms with Crippen LogP contribution in [0.4, 0.5) is 0 Å². The van der Waals surface area contributed by atoms with E-state index in [0.717, 1.165) is 12.3 Å². The van der Waals surface area contributed by atoms with Crippen molar-refractivity contribution in [2.75, 3.05) is 0 Å². The van der Waals surface area contributed by atoms with Gasteiger partial charge in [-0.05, 0) is 39.7 Å². The van der Waals surface area contributed by atoms with Gasteiger partial charge in [0.05, 0.1) is 12.4 Å². The van der Waals surface area contributed by atoms with Crippen molar-refractivity contribution in [3.05, 3.63) is 23.7 Å². The Hall–Kier alpha value is -0.800. The Morgan fingerprint density at radius 1 is 1.28 bits per heavy atom. The molecule has 1 N–H and O–H groups in total. The molecule has 0 bridgehead atoms. The second kappa shape index (κ2) is 6.39. The Labute approximate surface area is 111 Å². The van der Waals surface area contributed by atoms with Crippen LogP contribution in [0.2, 0.25) is 0 Å². The highest BCUT2D eigenvalue weighted by atomic mass is 16.5. The van der Waals surface area contributed by atoms with E-state index < -0.39 is 0 Å². The number of nitrogens with one attached hydrogen (secondary N) is 1. The summed E-state index contributed by atoms with van der Waals surface area (Å²) in [7, 11) is 0. The second-order valence-corrected chi connectivity index (χ2v) is 6.23. The smallest absolute Gasteiger partial charge is 0.133 e. The minimum absolute atomic E-state index is 0.112. The molecule has 0 aliphatic rings. The fraction of sp³-hybridized carbons (Fsp3) is 0.733. The van der Waals surface area contributed by atoms with Crippen molar-refractivity contribution in [2.24, 2.45) is 5.92 Å². The zero-order chi connectivity index (χ0) is 13.8. The Balaban J connectivity index is 2.50. The van der Waals surface area contributed by atoms with Crippen molar-refractivity contribution in [1.82, 2.24) is 5.32 Å². The molecular weight excluding hydrogens is 226 g/mol. The van der Waals surface area contributed by atoms with Gasteiger partial charge in [0.25, 0.3) is 0 Å². The molecular formula is C15H27NO2. The van der Waals surface area contributed by atoms with Gasteiger partial charge in [0.15, 0.2) is 0 Å². The van der Waals surface area contributed by atoms with Gasteiger partial charge < -0.3 is 14.5 Å². The first-order valence-electron chi connectivity index (χ1n) is 6.71. The predicted molar refractivity (Wildman–Crippen MR) is 74.4 cm³/mol. The molecule has 1 unspecified atom stereocenters. The van der Waals surface area contributed by atoms with Crippen LogP contribution in [0.15, 0.2) is 16.7 Å². The standard InChI is InChI=1S/C15H27NO2/c1-11(2)12(3)18-10-14-13(7-8-17-14)9-16-15(4,5)6/h7-8,11-12,16H,9-10H2,1-6H3. The van der Waals surface area contributed by atoms with Crippen molar-refractivity contribution in [2.45, 2.75) is 66.3 Å². The molecule has 3 heteroatoms. The van der Waals surface area contributed by atoms with E-state index in [2.05, 4.69) is 46.9 Å². The molecule has 0 spiro atoms. The molecule has 1 rings (SSSR count). The van der Waals surface area contributed by atoms with Gasteiger partial charge in [0.2, 0.25) is 0 Å². The SMILES string of the molecule is CC(C)C(C)OCc1occc1CNC(C)(C)C. The maximum atomic E-state index is 5.80. The van der Waals surface area contributed by atoms with Gasteiger partial charge in [-0.3, -0.25) is 0 Å². The van der Waals surface area contributed by atoms with Gasteiger partial charge in [-0.25, -0.2) is 0 Å². The molecule has 0 saturated carbocycles. The van der Waals surface area contributed by atoms with E-state index in [0.29, 0.717) is 12.5 Å². The van der Waals surface area contributed by atoms with Gasteiger partial charge in [-0.2, -0.15) is 0 Å². The number of hydrogen-bond donors (Lipinski definition) is 1.